The minimum absolute atomic E-state index is 0.0361. The van der Waals surface area contributed by atoms with E-state index in [9.17, 15) is 4.79 Å². The Morgan fingerprint density at radius 2 is 1.71 bits per heavy atom. The molecular formula is C19H27N3OS. The zero-order chi connectivity index (χ0) is 17.3. The lowest BCUT2D eigenvalue weighted by atomic mass is 9.86. The normalized spacial score (nSPS) is 17.3. The third-order valence-electron chi connectivity index (χ3n) is 4.72. The van der Waals surface area contributed by atoms with Crippen molar-refractivity contribution in [2.75, 3.05) is 33.2 Å². The van der Waals surface area contributed by atoms with Crippen LogP contribution in [0.4, 0.5) is 0 Å². The maximum absolute atomic E-state index is 11.9. The zero-order valence-corrected chi connectivity index (χ0v) is 15.9. The van der Waals surface area contributed by atoms with Crippen molar-refractivity contribution in [3.8, 4) is 11.3 Å². The summed E-state index contributed by atoms with van der Waals surface area (Å²) in [5, 5.41) is 0. The van der Waals surface area contributed by atoms with Gasteiger partial charge in [0, 0.05) is 37.6 Å². The summed E-state index contributed by atoms with van der Waals surface area (Å²) in [7, 11) is 2.16. The highest BCUT2D eigenvalue weighted by Gasteiger charge is 2.19. The molecule has 0 atom stereocenters. The molecule has 130 valence electrons. The van der Waals surface area contributed by atoms with Gasteiger partial charge in [-0.25, -0.2) is 0 Å². The van der Waals surface area contributed by atoms with Gasteiger partial charge in [0.2, 0.25) is 0 Å². The second kappa shape index (κ2) is 6.82. The third kappa shape index (κ3) is 3.97. The standard InChI is InChI=1S/C19H27N3OS/c1-19(2,3)15-7-5-14(6-8-15)17-16(24-18(23)20-17)13-22-11-9-21(4)10-12-22/h5-8H,9-13H2,1-4H3,(H,20,23). The van der Waals surface area contributed by atoms with Gasteiger partial charge >= 0.3 is 4.87 Å². The van der Waals surface area contributed by atoms with Crippen LogP contribution in [0.5, 0.6) is 0 Å². The summed E-state index contributed by atoms with van der Waals surface area (Å²) in [4.78, 5) is 21.0. The average molecular weight is 346 g/mol. The fraction of sp³-hybridized carbons (Fsp3) is 0.526. The van der Waals surface area contributed by atoms with Crippen molar-refractivity contribution in [1.29, 1.82) is 0 Å². The Morgan fingerprint density at radius 1 is 1.08 bits per heavy atom. The van der Waals surface area contributed by atoms with E-state index in [1.54, 1.807) is 0 Å². The van der Waals surface area contributed by atoms with Gasteiger partial charge in [-0.1, -0.05) is 56.4 Å². The Balaban J connectivity index is 1.82. The highest BCUT2D eigenvalue weighted by atomic mass is 32.1. The van der Waals surface area contributed by atoms with Gasteiger partial charge in [0.1, 0.15) is 0 Å². The maximum Gasteiger partial charge on any atom is 0.305 e. The number of aromatic amines is 1. The molecule has 1 aliphatic heterocycles. The lowest BCUT2D eigenvalue weighted by molar-refractivity contribution is 0.149. The summed E-state index contributed by atoms with van der Waals surface area (Å²) >= 11 is 1.35. The third-order valence-corrected chi connectivity index (χ3v) is 5.59. The molecule has 0 radical (unpaired) electrons. The summed E-state index contributed by atoms with van der Waals surface area (Å²) in [5.74, 6) is 0. The molecule has 1 aromatic heterocycles. The van der Waals surface area contributed by atoms with E-state index in [-0.39, 0.29) is 10.3 Å². The van der Waals surface area contributed by atoms with Crippen LogP contribution in [0.25, 0.3) is 11.3 Å². The van der Waals surface area contributed by atoms with Gasteiger partial charge < -0.3 is 9.88 Å². The summed E-state index contributed by atoms with van der Waals surface area (Å²) in [6, 6.07) is 8.61. The topological polar surface area (TPSA) is 39.3 Å². The number of thiazole rings is 1. The number of nitrogens with zero attached hydrogens (tertiary/aromatic N) is 2. The highest BCUT2D eigenvalue weighted by molar-refractivity contribution is 7.09. The maximum atomic E-state index is 11.9. The zero-order valence-electron chi connectivity index (χ0n) is 15.1. The van der Waals surface area contributed by atoms with Crippen molar-refractivity contribution in [1.82, 2.24) is 14.8 Å². The van der Waals surface area contributed by atoms with Crippen molar-refractivity contribution >= 4 is 11.3 Å². The number of hydrogen-bond donors (Lipinski definition) is 1. The summed E-state index contributed by atoms with van der Waals surface area (Å²) < 4.78 is 0. The summed E-state index contributed by atoms with van der Waals surface area (Å²) in [6.45, 7) is 11.8. The quantitative estimate of drug-likeness (QED) is 0.929. The van der Waals surface area contributed by atoms with E-state index in [4.69, 9.17) is 0 Å². The van der Waals surface area contributed by atoms with Crippen LogP contribution in [-0.4, -0.2) is 48.0 Å². The summed E-state index contributed by atoms with van der Waals surface area (Å²) in [5.41, 5.74) is 3.54. The first-order valence-corrected chi connectivity index (χ1v) is 9.38. The van der Waals surface area contributed by atoms with E-state index in [1.807, 2.05) is 0 Å². The lowest BCUT2D eigenvalue weighted by Crippen LogP contribution is -2.43. The van der Waals surface area contributed by atoms with Crippen molar-refractivity contribution in [3.63, 3.8) is 0 Å². The lowest BCUT2D eigenvalue weighted by Gasteiger charge is -2.32. The monoisotopic (exact) mass is 345 g/mol. The Labute approximate surface area is 148 Å². The number of rotatable bonds is 3. The van der Waals surface area contributed by atoms with E-state index < -0.39 is 0 Å². The Hall–Kier alpha value is -1.43. The van der Waals surface area contributed by atoms with Crippen molar-refractivity contribution in [2.24, 2.45) is 0 Å². The largest absolute Gasteiger partial charge is 0.312 e. The van der Waals surface area contributed by atoms with E-state index in [0.29, 0.717) is 0 Å². The molecule has 2 aromatic rings. The molecule has 0 aliphatic carbocycles. The minimum Gasteiger partial charge on any atom is -0.312 e. The second-order valence-corrected chi connectivity index (χ2v) is 8.79. The number of benzene rings is 1. The van der Waals surface area contributed by atoms with Crippen LogP contribution in [0.1, 0.15) is 31.2 Å². The Morgan fingerprint density at radius 3 is 2.29 bits per heavy atom. The fourth-order valence-electron chi connectivity index (χ4n) is 3.05. The van der Waals surface area contributed by atoms with E-state index in [2.05, 4.69) is 66.9 Å². The van der Waals surface area contributed by atoms with Gasteiger partial charge in [-0.2, -0.15) is 0 Å². The molecule has 2 heterocycles. The van der Waals surface area contributed by atoms with Gasteiger partial charge in [0.05, 0.1) is 5.69 Å². The number of piperazine rings is 1. The van der Waals surface area contributed by atoms with Crippen molar-refractivity contribution in [3.05, 3.63) is 44.4 Å². The molecule has 0 amide bonds. The number of aromatic nitrogens is 1. The molecule has 0 bridgehead atoms. The molecule has 1 saturated heterocycles. The number of H-pyrrole nitrogens is 1. The molecule has 1 fully saturated rings. The number of hydrogen-bond acceptors (Lipinski definition) is 4. The molecular weight excluding hydrogens is 318 g/mol. The minimum atomic E-state index is 0.0361. The molecule has 3 rings (SSSR count). The van der Waals surface area contributed by atoms with E-state index >= 15 is 0 Å². The van der Waals surface area contributed by atoms with Crippen LogP contribution < -0.4 is 4.87 Å². The predicted molar refractivity (Wildman–Crippen MR) is 102 cm³/mol. The molecule has 24 heavy (non-hydrogen) atoms. The average Bonchev–Trinajstić information content (AvgIpc) is 2.89. The van der Waals surface area contributed by atoms with Crippen LogP contribution in [0.15, 0.2) is 29.1 Å². The van der Waals surface area contributed by atoms with Crippen molar-refractivity contribution < 1.29 is 0 Å². The highest BCUT2D eigenvalue weighted by Crippen LogP contribution is 2.28. The molecule has 5 heteroatoms. The van der Waals surface area contributed by atoms with Crippen LogP contribution in [0, 0.1) is 0 Å². The molecule has 0 spiro atoms. The van der Waals surface area contributed by atoms with Crippen molar-refractivity contribution in [2.45, 2.75) is 32.7 Å². The molecule has 1 N–H and O–H groups in total. The molecule has 0 unspecified atom stereocenters. The van der Waals surface area contributed by atoms with Crippen LogP contribution in [0.2, 0.25) is 0 Å². The fourth-order valence-corrected chi connectivity index (χ4v) is 3.95. The Kier molecular flexibility index (Phi) is 4.95. The smallest absolute Gasteiger partial charge is 0.305 e. The summed E-state index contributed by atoms with van der Waals surface area (Å²) in [6.07, 6.45) is 0. The number of nitrogens with one attached hydrogen (secondary N) is 1. The molecule has 1 aromatic carbocycles. The van der Waals surface area contributed by atoms with Crippen LogP contribution in [-0.2, 0) is 12.0 Å². The van der Waals surface area contributed by atoms with E-state index in [0.717, 1.165) is 48.9 Å². The first-order chi connectivity index (χ1) is 11.3. The van der Waals surface area contributed by atoms with Gasteiger partial charge in [0.15, 0.2) is 0 Å². The first-order valence-electron chi connectivity index (χ1n) is 8.57. The number of likely N-dealkylation sites (N-methyl/N-ethyl adjacent to an activating group) is 1. The second-order valence-electron chi connectivity index (χ2n) is 7.72. The van der Waals surface area contributed by atoms with Gasteiger partial charge in [-0.15, -0.1) is 0 Å². The predicted octanol–water partition coefficient (Wildman–Crippen LogP) is 3.15. The van der Waals surface area contributed by atoms with Crippen LogP contribution >= 0.6 is 11.3 Å². The SMILES string of the molecule is CN1CCN(Cc2sc(=O)[nH]c2-c2ccc(C(C)(C)C)cc2)CC1. The van der Waals surface area contributed by atoms with Gasteiger partial charge in [-0.05, 0) is 23.6 Å². The van der Waals surface area contributed by atoms with Crippen LogP contribution in [0.3, 0.4) is 0 Å². The van der Waals surface area contributed by atoms with Gasteiger partial charge in [0.25, 0.3) is 0 Å². The molecule has 0 saturated carbocycles. The van der Waals surface area contributed by atoms with Gasteiger partial charge in [-0.3, -0.25) is 9.69 Å². The molecule has 1 aliphatic rings. The first kappa shape index (κ1) is 17.4. The molecule has 4 nitrogen and oxygen atoms in total. The Bertz CT molecular complexity index is 731. The van der Waals surface area contributed by atoms with E-state index in [1.165, 1.54) is 16.9 Å².